The van der Waals surface area contributed by atoms with Gasteiger partial charge in [-0.2, -0.15) is 0 Å². The minimum Gasteiger partial charge on any atom is -0.342 e. The molecule has 0 radical (unpaired) electrons. The molecule has 6 rings (SSSR count). The summed E-state index contributed by atoms with van der Waals surface area (Å²) in [7, 11) is 0. The molecular weight excluding hydrogens is 520 g/mol. The fraction of sp³-hybridized carbons (Fsp3) is 0.568. The van der Waals surface area contributed by atoms with Crippen molar-refractivity contribution >= 4 is 27.5 Å². The molecule has 1 aromatic heterocycles. The summed E-state index contributed by atoms with van der Waals surface area (Å²) in [5.74, 6) is 3.48. The van der Waals surface area contributed by atoms with Gasteiger partial charge in [0.2, 0.25) is 5.91 Å². The first-order valence-corrected chi connectivity index (χ1v) is 17.2. The molecule has 0 N–H and O–H groups in total. The first kappa shape index (κ1) is 28.6. The van der Waals surface area contributed by atoms with Gasteiger partial charge in [0.15, 0.2) is 0 Å². The van der Waals surface area contributed by atoms with E-state index in [2.05, 4.69) is 66.9 Å². The van der Waals surface area contributed by atoms with Crippen molar-refractivity contribution in [2.45, 2.75) is 95.8 Å². The third kappa shape index (κ3) is 6.63. The van der Waals surface area contributed by atoms with E-state index in [1.807, 2.05) is 6.07 Å². The molecule has 3 aromatic rings. The summed E-state index contributed by atoms with van der Waals surface area (Å²) in [5.41, 5.74) is 3.93. The number of carbonyl (C=O) groups is 1. The number of para-hydroxylation sites is 1. The van der Waals surface area contributed by atoms with Crippen molar-refractivity contribution in [1.82, 2.24) is 9.88 Å². The molecule has 2 saturated carbocycles. The first-order valence-electron chi connectivity index (χ1n) is 16.4. The van der Waals surface area contributed by atoms with Gasteiger partial charge in [0, 0.05) is 13.1 Å². The van der Waals surface area contributed by atoms with Crippen molar-refractivity contribution in [3.8, 4) is 0 Å². The Bertz CT molecular complexity index is 1260. The Morgan fingerprint density at radius 1 is 0.927 bits per heavy atom. The van der Waals surface area contributed by atoms with E-state index in [1.54, 1.807) is 16.9 Å². The van der Waals surface area contributed by atoms with Gasteiger partial charge in [0.1, 0.15) is 5.01 Å². The Labute approximate surface area is 251 Å². The van der Waals surface area contributed by atoms with E-state index in [9.17, 15) is 4.79 Å². The molecule has 1 aliphatic heterocycles. The smallest absolute Gasteiger partial charge is 0.233 e. The second-order valence-electron chi connectivity index (χ2n) is 13.3. The number of aryl methyl sites for hydroxylation is 1. The third-order valence-electron chi connectivity index (χ3n) is 10.7. The van der Waals surface area contributed by atoms with Crippen LogP contribution in [0.1, 0.15) is 105 Å². The number of hydrogen-bond acceptors (Lipinski definition) is 3. The Morgan fingerprint density at radius 3 is 2.24 bits per heavy atom. The summed E-state index contributed by atoms with van der Waals surface area (Å²) >= 11 is 1.72. The zero-order valence-electron chi connectivity index (χ0n) is 25.0. The van der Waals surface area contributed by atoms with Gasteiger partial charge in [-0.1, -0.05) is 60.9 Å². The maximum atomic E-state index is 14.1. The monoisotopic (exact) mass is 568 g/mol. The van der Waals surface area contributed by atoms with Crippen LogP contribution < -0.4 is 0 Å². The van der Waals surface area contributed by atoms with Gasteiger partial charge in [0.25, 0.3) is 0 Å². The van der Waals surface area contributed by atoms with Crippen LogP contribution in [-0.4, -0.2) is 28.9 Å². The van der Waals surface area contributed by atoms with Crippen LogP contribution >= 0.6 is 11.3 Å². The average Bonchev–Trinajstić information content (AvgIpc) is 3.45. The molecule has 0 unspecified atom stereocenters. The van der Waals surface area contributed by atoms with Crippen LogP contribution in [-0.2, 0) is 4.79 Å². The molecule has 2 aliphatic carbocycles. The molecule has 2 atom stereocenters. The van der Waals surface area contributed by atoms with Crippen LogP contribution in [0, 0.1) is 30.6 Å². The maximum Gasteiger partial charge on any atom is 0.233 e. The number of piperidine rings is 1. The van der Waals surface area contributed by atoms with Crippen molar-refractivity contribution in [1.29, 1.82) is 0 Å². The maximum absolute atomic E-state index is 14.1. The molecule has 0 bridgehead atoms. The molecule has 4 heteroatoms. The summed E-state index contributed by atoms with van der Waals surface area (Å²) < 4.78 is 1.18. The van der Waals surface area contributed by atoms with Crippen LogP contribution in [0.15, 0.2) is 61.2 Å². The highest BCUT2D eigenvalue weighted by Gasteiger charge is 2.37. The van der Waals surface area contributed by atoms with Gasteiger partial charge >= 0.3 is 0 Å². The highest BCUT2D eigenvalue weighted by molar-refractivity contribution is 7.18. The Morgan fingerprint density at radius 2 is 1.59 bits per heavy atom. The van der Waals surface area contributed by atoms with Crippen LogP contribution in [0.4, 0.5) is 0 Å². The second kappa shape index (κ2) is 13.2. The van der Waals surface area contributed by atoms with Crippen molar-refractivity contribution in [3.63, 3.8) is 0 Å². The van der Waals surface area contributed by atoms with E-state index in [1.165, 1.54) is 68.1 Å². The van der Waals surface area contributed by atoms with E-state index < -0.39 is 0 Å². The average molecular weight is 569 g/mol. The molecular formula is C37H48N2OS. The largest absolute Gasteiger partial charge is 0.342 e. The highest BCUT2D eigenvalue weighted by Crippen LogP contribution is 2.46. The summed E-state index contributed by atoms with van der Waals surface area (Å²) in [6.45, 7) is 8.25. The van der Waals surface area contributed by atoms with Crippen LogP contribution in [0.3, 0.4) is 0 Å². The third-order valence-corrected chi connectivity index (χ3v) is 11.8. The number of benzene rings is 2. The van der Waals surface area contributed by atoms with Crippen LogP contribution in [0.5, 0.6) is 0 Å². The number of carbonyl (C=O) groups excluding carboxylic acids is 1. The number of amides is 1. The van der Waals surface area contributed by atoms with Crippen LogP contribution in [0.25, 0.3) is 10.2 Å². The van der Waals surface area contributed by atoms with E-state index in [0.717, 1.165) is 60.6 Å². The van der Waals surface area contributed by atoms with Crippen LogP contribution in [0.2, 0.25) is 0 Å². The summed E-state index contributed by atoms with van der Waals surface area (Å²) in [5, 5.41) is 0.991. The Kier molecular flexibility index (Phi) is 9.25. The number of hydrogen-bond donors (Lipinski definition) is 0. The number of nitrogens with zero attached hydrogens (tertiary/aromatic N) is 2. The van der Waals surface area contributed by atoms with Gasteiger partial charge in [-0.25, -0.2) is 4.98 Å². The summed E-state index contributed by atoms with van der Waals surface area (Å²) in [4.78, 5) is 21.2. The van der Waals surface area contributed by atoms with Gasteiger partial charge in [-0.15, -0.1) is 17.9 Å². The van der Waals surface area contributed by atoms with Crippen molar-refractivity contribution in [2.75, 3.05) is 13.1 Å². The van der Waals surface area contributed by atoms with Gasteiger partial charge in [-0.3, -0.25) is 4.79 Å². The molecule has 0 spiro atoms. The number of allylic oxidation sites excluding steroid dienone is 1. The lowest BCUT2D eigenvalue weighted by Gasteiger charge is -2.39. The fourth-order valence-corrected chi connectivity index (χ4v) is 9.35. The molecule has 3 aliphatic rings. The molecule has 3 fully saturated rings. The molecule has 41 heavy (non-hydrogen) atoms. The number of likely N-dealkylation sites (tertiary alicyclic amines) is 1. The molecule has 218 valence electrons. The van der Waals surface area contributed by atoms with Gasteiger partial charge in [-0.05, 0) is 118 Å². The normalized spacial score (nSPS) is 26.9. The number of aromatic nitrogens is 1. The SMILES string of the molecule is C=C[C@H](CC1CCC(C2CCC(c3ccc(C)cc3)CC2)CC1)[C@H](C(=O)N1CCCCC1)c1nc2ccccc2s1. The summed E-state index contributed by atoms with van der Waals surface area (Å²) in [6.07, 6.45) is 17.5. The lowest BCUT2D eigenvalue weighted by molar-refractivity contribution is -0.134. The van der Waals surface area contributed by atoms with E-state index in [4.69, 9.17) is 4.98 Å². The summed E-state index contributed by atoms with van der Waals surface area (Å²) in [6, 6.07) is 17.6. The van der Waals surface area contributed by atoms with E-state index in [-0.39, 0.29) is 17.7 Å². The van der Waals surface area contributed by atoms with Crippen molar-refractivity contribution in [3.05, 3.63) is 77.3 Å². The zero-order valence-corrected chi connectivity index (χ0v) is 25.8. The topological polar surface area (TPSA) is 33.2 Å². The van der Waals surface area contributed by atoms with Gasteiger partial charge < -0.3 is 4.90 Å². The standard InChI is InChI=1S/C37H48N2OS/c1-3-28(35(37(40)39-23-7-4-8-24-39)36-38-33-9-5-6-10-34(33)41-36)25-27-13-17-30(18-14-27)32-21-19-31(20-22-32)29-15-11-26(2)12-16-29/h3,5-6,9-12,15-16,27-28,30-32,35H,1,4,7-8,13-14,17-25H2,2H3/t27?,28-,30?,31?,32?,35+/m1/s1. The molecule has 1 amide bonds. The second-order valence-corrected chi connectivity index (χ2v) is 14.4. The lowest BCUT2D eigenvalue weighted by Crippen LogP contribution is -2.41. The molecule has 3 nitrogen and oxygen atoms in total. The minimum absolute atomic E-state index is 0.150. The zero-order chi connectivity index (χ0) is 28.2. The van der Waals surface area contributed by atoms with E-state index in [0.29, 0.717) is 5.92 Å². The number of rotatable bonds is 8. The van der Waals surface area contributed by atoms with E-state index >= 15 is 0 Å². The Hall–Kier alpha value is -2.46. The predicted octanol–water partition coefficient (Wildman–Crippen LogP) is 9.67. The quantitative estimate of drug-likeness (QED) is 0.253. The predicted molar refractivity (Wildman–Crippen MR) is 172 cm³/mol. The van der Waals surface area contributed by atoms with Crippen molar-refractivity contribution < 1.29 is 4.79 Å². The number of thiazole rings is 1. The molecule has 1 saturated heterocycles. The molecule has 2 heterocycles. The minimum atomic E-state index is -0.197. The fourth-order valence-electron chi connectivity index (χ4n) is 8.22. The van der Waals surface area contributed by atoms with Gasteiger partial charge in [0.05, 0.1) is 16.1 Å². The first-order chi connectivity index (χ1) is 20.1. The molecule has 2 aromatic carbocycles. The lowest BCUT2D eigenvalue weighted by atomic mass is 9.67. The van der Waals surface area contributed by atoms with Crippen molar-refractivity contribution in [2.24, 2.45) is 23.7 Å². The Balaban J connectivity index is 1.08. The number of fused-ring (bicyclic) bond motifs is 1. The highest BCUT2D eigenvalue weighted by atomic mass is 32.1.